The average molecular weight is 114 g/mol. The van der Waals surface area contributed by atoms with Gasteiger partial charge in [0.05, 0.1) is 0 Å². The average Bonchev–Trinajstić information content (AvgIpc) is 1.68. The topological polar surface area (TPSA) is 17.1 Å². The molecule has 1 nitrogen and oxygen atoms in total. The Balaban J connectivity index is 3.17. The number of rotatable bonds is 3. The summed E-state index contributed by atoms with van der Waals surface area (Å²) in [4.78, 5) is 10.3. The highest BCUT2D eigenvalue weighted by atomic mass is 28.2. The Morgan fingerprint density at radius 2 is 2.57 bits per heavy atom. The SMILES string of the molecule is C=CC(=O)C[SiH2]C. The molecule has 40 valence electrons. The third-order valence-electron chi connectivity index (χ3n) is 0.724. The van der Waals surface area contributed by atoms with Crippen molar-refractivity contribution in [3.05, 3.63) is 12.7 Å². The molecule has 0 saturated carbocycles. The van der Waals surface area contributed by atoms with Gasteiger partial charge in [-0.1, -0.05) is 13.1 Å². The summed E-state index contributed by atoms with van der Waals surface area (Å²) in [6.45, 7) is 5.46. The number of allylic oxidation sites excluding steroid dienone is 1. The predicted molar refractivity (Wildman–Crippen MR) is 34.4 cm³/mol. The smallest absolute Gasteiger partial charge is 0.151 e. The van der Waals surface area contributed by atoms with Crippen LogP contribution in [-0.4, -0.2) is 15.3 Å². The Bertz CT molecular complexity index is 78.1. The first-order chi connectivity index (χ1) is 3.31. The maximum absolute atomic E-state index is 10.3. The summed E-state index contributed by atoms with van der Waals surface area (Å²) in [5, 5.41) is 0. The molecule has 0 aromatic rings. The summed E-state index contributed by atoms with van der Waals surface area (Å²) >= 11 is 0. The quantitative estimate of drug-likeness (QED) is 0.383. The van der Waals surface area contributed by atoms with E-state index in [1.807, 2.05) is 0 Å². The summed E-state index contributed by atoms with van der Waals surface area (Å²) in [7, 11) is -0.0652. The molecule has 2 heteroatoms. The van der Waals surface area contributed by atoms with E-state index in [0.717, 1.165) is 6.04 Å². The maximum atomic E-state index is 10.3. The molecule has 7 heavy (non-hydrogen) atoms. The molecular formula is C5H10OSi. The Morgan fingerprint density at radius 3 is 2.71 bits per heavy atom. The molecule has 0 atom stereocenters. The second kappa shape index (κ2) is 3.80. The summed E-state index contributed by atoms with van der Waals surface area (Å²) in [5.41, 5.74) is 0. The van der Waals surface area contributed by atoms with Crippen molar-refractivity contribution >= 4 is 15.3 Å². The molecular weight excluding hydrogens is 104 g/mol. The van der Waals surface area contributed by atoms with Gasteiger partial charge in [0, 0.05) is 9.52 Å². The number of carbonyl (C=O) groups is 1. The molecule has 0 aliphatic carbocycles. The summed E-state index contributed by atoms with van der Waals surface area (Å²) in [5.74, 6) is 0.203. The zero-order valence-corrected chi connectivity index (χ0v) is 6.02. The lowest BCUT2D eigenvalue weighted by Gasteiger charge is -1.82. The number of carbonyl (C=O) groups excluding carboxylic acids is 1. The van der Waals surface area contributed by atoms with Gasteiger partial charge >= 0.3 is 0 Å². The summed E-state index contributed by atoms with van der Waals surface area (Å²) < 4.78 is 0. The van der Waals surface area contributed by atoms with Crippen LogP contribution in [0.2, 0.25) is 12.6 Å². The first kappa shape index (κ1) is 6.63. The largest absolute Gasteiger partial charge is 0.295 e. The minimum absolute atomic E-state index is 0.0652. The first-order valence-corrected chi connectivity index (χ1v) is 4.88. The van der Waals surface area contributed by atoms with Crippen LogP contribution in [0.25, 0.3) is 0 Å². The van der Waals surface area contributed by atoms with Gasteiger partial charge in [-0.15, -0.1) is 0 Å². The molecule has 0 aromatic heterocycles. The van der Waals surface area contributed by atoms with Gasteiger partial charge in [0.1, 0.15) is 0 Å². The lowest BCUT2D eigenvalue weighted by atomic mass is 10.5. The highest BCUT2D eigenvalue weighted by Gasteiger charge is 1.88. The van der Waals surface area contributed by atoms with E-state index in [-0.39, 0.29) is 15.3 Å². The van der Waals surface area contributed by atoms with Crippen LogP contribution in [0, 0.1) is 0 Å². The monoisotopic (exact) mass is 114 g/mol. The highest BCUT2D eigenvalue weighted by Crippen LogP contribution is 1.80. The third-order valence-corrected chi connectivity index (χ3v) is 1.72. The van der Waals surface area contributed by atoms with Crippen molar-refractivity contribution in [3.8, 4) is 0 Å². The van der Waals surface area contributed by atoms with Crippen LogP contribution in [-0.2, 0) is 4.79 Å². The molecule has 0 fully saturated rings. The fourth-order valence-corrected chi connectivity index (χ4v) is 1.05. The molecule has 0 saturated heterocycles. The van der Waals surface area contributed by atoms with Crippen molar-refractivity contribution in [3.63, 3.8) is 0 Å². The van der Waals surface area contributed by atoms with Gasteiger partial charge in [0.25, 0.3) is 0 Å². The molecule has 0 radical (unpaired) electrons. The van der Waals surface area contributed by atoms with Gasteiger partial charge in [-0.05, 0) is 12.1 Å². The molecule has 0 aliphatic rings. The first-order valence-electron chi connectivity index (χ1n) is 2.46. The Labute approximate surface area is 46.2 Å². The van der Waals surface area contributed by atoms with Crippen molar-refractivity contribution < 1.29 is 4.79 Å². The van der Waals surface area contributed by atoms with E-state index in [9.17, 15) is 4.79 Å². The molecule has 0 heterocycles. The van der Waals surface area contributed by atoms with Crippen molar-refractivity contribution in [2.75, 3.05) is 0 Å². The summed E-state index contributed by atoms with van der Waals surface area (Å²) in [6.07, 6.45) is 1.40. The van der Waals surface area contributed by atoms with Gasteiger partial charge in [-0.3, -0.25) is 4.79 Å². The van der Waals surface area contributed by atoms with Crippen LogP contribution < -0.4 is 0 Å². The minimum Gasteiger partial charge on any atom is -0.295 e. The van der Waals surface area contributed by atoms with E-state index in [4.69, 9.17) is 0 Å². The standard InChI is InChI=1S/C5H10OSi/c1-3-5(6)4-7-2/h3H,1,4,7H2,2H3. The molecule has 0 aromatic carbocycles. The van der Waals surface area contributed by atoms with Crippen LogP contribution in [0.3, 0.4) is 0 Å². The van der Waals surface area contributed by atoms with Gasteiger partial charge in [0.2, 0.25) is 0 Å². The third kappa shape index (κ3) is 3.46. The van der Waals surface area contributed by atoms with E-state index in [0.29, 0.717) is 0 Å². The molecule has 0 unspecified atom stereocenters. The van der Waals surface area contributed by atoms with Crippen LogP contribution in [0.4, 0.5) is 0 Å². The Hall–Kier alpha value is -0.373. The molecule has 0 amide bonds. The van der Waals surface area contributed by atoms with Crippen molar-refractivity contribution in [2.45, 2.75) is 12.6 Å². The van der Waals surface area contributed by atoms with Gasteiger partial charge < -0.3 is 0 Å². The van der Waals surface area contributed by atoms with Crippen molar-refractivity contribution in [1.29, 1.82) is 0 Å². The molecule has 0 aliphatic heterocycles. The fraction of sp³-hybridized carbons (Fsp3) is 0.400. The highest BCUT2D eigenvalue weighted by molar-refractivity contribution is 6.40. The maximum Gasteiger partial charge on any atom is 0.151 e. The second-order valence-electron chi connectivity index (χ2n) is 1.42. The lowest BCUT2D eigenvalue weighted by molar-refractivity contribution is -0.112. The van der Waals surface area contributed by atoms with E-state index in [1.54, 1.807) is 0 Å². The van der Waals surface area contributed by atoms with Crippen molar-refractivity contribution in [2.24, 2.45) is 0 Å². The van der Waals surface area contributed by atoms with Crippen LogP contribution in [0.1, 0.15) is 0 Å². The van der Waals surface area contributed by atoms with Gasteiger partial charge in [0.15, 0.2) is 5.78 Å². The number of hydrogen-bond acceptors (Lipinski definition) is 1. The molecule has 0 rings (SSSR count). The van der Waals surface area contributed by atoms with Crippen LogP contribution >= 0.6 is 0 Å². The summed E-state index contributed by atoms with van der Waals surface area (Å²) in [6, 6.07) is 0.781. The van der Waals surface area contributed by atoms with E-state index in [1.165, 1.54) is 6.08 Å². The van der Waals surface area contributed by atoms with Gasteiger partial charge in [-0.2, -0.15) is 0 Å². The number of ketones is 1. The van der Waals surface area contributed by atoms with Gasteiger partial charge in [-0.25, -0.2) is 0 Å². The predicted octanol–water partition coefficient (Wildman–Crippen LogP) is 0.377. The fourth-order valence-electron chi connectivity index (χ4n) is 0.348. The lowest BCUT2D eigenvalue weighted by Crippen LogP contribution is -1.93. The second-order valence-corrected chi connectivity index (χ2v) is 2.92. The Kier molecular flexibility index (Phi) is 3.60. The number of hydrogen-bond donors (Lipinski definition) is 0. The van der Waals surface area contributed by atoms with E-state index in [2.05, 4.69) is 13.1 Å². The van der Waals surface area contributed by atoms with Crippen molar-refractivity contribution in [1.82, 2.24) is 0 Å². The van der Waals surface area contributed by atoms with Crippen LogP contribution in [0.15, 0.2) is 12.7 Å². The molecule has 0 bridgehead atoms. The minimum atomic E-state index is -0.0652. The molecule has 0 N–H and O–H groups in total. The zero-order chi connectivity index (χ0) is 5.70. The normalized spacial score (nSPS) is 9.86. The molecule has 0 spiro atoms. The van der Waals surface area contributed by atoms with E-state index < -0.39 is 0 Å². The zero-order valence-electron chi connectivity index (χ0n) is 4.61. The van der Waals surface area contributed by atoms with Crippen LogP contribution in [0.5, 0.6) is 0 Å². The Morgan fingerprint density at radius 1 is 2.00 bits per heavy atom. The van der Waals surface area contributed by atoms with E-state index >= 15 is 0 Å².